The number of hydrogen-bond acceptors (Lipinski definition) is 3. The number of amides is 1. The van der Waals surface area contributed by atoms with Gasteiger partial charge in [-0.15, -0.1) is 0 Å². The van der Waals surface area contributed by atoms with Gasteiger partial charge in [-0.3, -0.25) is 9.78 Å². The second-order valence-electron chi connectivity index (χ2n) is 3.30. The SMILES string of the molecule is Cc1ncc(Cl)nc1C1CCNC1=O. The zero-order chi connectivity index (χ0) is 10.1. The first-order chi connectivity index (χ1) is 6.68. The standard InChI is InChI=1S/C9H10ClN3O/c1-5-8(13-7(10)4-12-5)6-2-3-11-9(6)14/h4,6H,2-3H2,1H3,(H,11,14). The molecule has 0 aliphatic carbocycles. The summed E-state index contributed by atoms with van der Waals surface area (Å²) >= 11 is 5.74. The third-order valence-corrected chi connectivity index (χ3v) is 2.52. The van der Waals surface area contributed by atoms with Gasteiger partial charge in [-0.05, 0) is 13.3 Å². The maximum absolute atomic E-state index is 11.4. The first-order valence-corrected chi connectivity index (χ1v) is 4.83. The van der Waals surface area contributed by atoms with Crippen LogP contribution in [-0.2, 0) is 4.79 Å². The predicted octanol–water partition coefficient (Wildman–Crippen LogP) is 1.04. The van der Waals surface area contributed by atoms with Crippen LogP contribution in [0.2, 0.25) is 5.15 Å². The molecule has 1 aromatic rings. The second kappa shape index (κ2) is 3.53. The lowest BCUT2D eigenvalue weighted by atomic mass is 10.0. The molecular formula is C9H10ClN3O. The van der Waals surface area contributed by atoms with E-state index < -0.39 is 0 Å². The fourth-order valence-corrected chi connectivity index (χ4v) is 1.77. The van der Waals surface area contributed by atoms with Gasteiger partial charge in [-0.1, -0.05) is 11.6 Å². The van der Waals surface area contributed by atoms with E-state index in [0.29, 0.717) is 17.4 Å². The average Bonchev–Trinajstić information content (AvgIpc) is 2.56. The van der Waals surface area contributed by atoms with Crippen LogP contribution >= 0.6 is 11.6 Å². The highest BCUT2D eigenvalue weighted by atomic mass is 35.5. The number of aryl methyl sites for hydroxylation is 1. The van der Waals surface area contributed by atoms with Crippen molar-refractivity contribution in [1.82, 2.24) is 15.3 Å². The van der Waals surface area contributed by atoms with Crippen LogP contribution in [0.1, 0.15) is 23.7 Å². The zero-order valence-corrected chi connectivity index (χ0v) is 8.51. The van der Waals surface area contributed by atoms with Crippen LogP contribution in [0.25, 0.3) is 0 Å². The molecule has 0 radical (unpaired) electrons. The summed E-state index contributed by atoms with van der Waals surface area (Å²) in [4.78, 5) is 19.6. The summed E-state index contributed by atoms with van der Waals surface area (Å²) in [5, 5.41) is 3.10. The van der Waals surface area contributed by atoms with Crippen LogP contribution in [0.15, 0.2) is 6.20 Å². The predicted molar refractivity (Wildman–Crippen MR) is 52.1 cm³/mol. The molecule has 1 aliphatic rings. The summed E-state index contributed by atoms with van der Waals surface area (Å²) in [6, 6.07) is 0. The van der Waals surface area contributed by atoms with Crippen molar-refractivity contribution < 1.29 is 4.79 Å². The fraction of sp³-hybridized carbons (Fsp3) is 0.444. The first kappa shape index (κ1) is 9.40. The Labute approximate surface area is 86.7 Å². The van der Waals surface area contributed by atoms with E-state index in [1.165, 1.54) is 6.20 Å². The molecule has 1 amide bonds. The monoisotopic (exact) mass is 211 g/mol. The molecule has 0 aromatic carbocycles. The van der Waals surface area contributed by atoms with Crippen LogP contribution < -0.4 is 5.32 Å². The van der Waals surface area contributed by atoms with E-state index in [1.54, 1.807) is 0 Å². The van der Waals surface area contributed by atoms with Crippen LogP contribution in [-0.4, -0.2) is 22.4 Å². The minimum Gasteiger partial charge on any atom is -0.355 e. The molecule has 1 fully saturated rings. The molecule has 1 atom stereocenters. The Morgan fingerprint density at radius 1 is 1.64 bits per heavy atom. The molecule has 0 spiro atoms. The van der Waals surface area contributed by atoms with E-state index in [9.17, 15) is 4.79 Å². The topological polar surface area (TPSA) is 54.9 Å². The van der Waals surface area contributed by atoms with E-state index in [1.807, 2.05) is 6.92 Å². The Balaban J connectivity index is 2.39. The summed E-state index contributed by atoms with van der Waals surface area (Å²) < 4.78 is 0. The maximum Gasteiger partial charge on any atom is 0.229 e. The summed E-state index contributed by atoms with van der Waals surface area (Å²) in [5.74, 6) is -0.161. The highest BCUT2D eigenvalue weighted by Gasteiger charge is 2.28. The van der Waals surface area contributed by atoms with Crippen molar-refractivity contribution in [2.45, 2.75) is 19.3 Å². The minimum absolute atomic E-state index is 0.0182. The van der Waals surface area contributed by atoms with Crippen molar-refractivity contribution >= 4 is 17.5 Å². The Bertz CT molecular complexity index is 380. The van der Waals surface area contributed by atoms with Gasteiger partial charge in [-0.2, -0.15) is 0 Å². The van der Waals surface area contributed by atoms with Crippen LogP contribution in [0.3, 0.4) is 0 Å². The smallest absolute Gasteiger partial charge is 0.229 e. The maximum atomic E-state index is 11.4. The Kier molecular flexibility index (Phi) is 2.37. The first-order valence-electron chi connectivity index (χ1n) is 4.45. The lowest BCUT2D eigenvalue weighted by Crippen LogP contribution is -2.19. The molecule has 5 heteroatoms. The number of carbonyl (C=O) groups excluding carboxylic acids is 1. The van der Waals surface area contributed by atoms with E-state index in [0.717, 1.165) is 12.1 Å². The highest BCUT2D eigenvalue weighted by Crippen LogP contribution is 2.24. The van der Waals surface area contributed by atoms with Gasteiger partial charge < -0.3 is 5.32 Å². The van der Waals surface area contributed by atoms with Gasteiger partial charge in [0.05, 0.1) is 23.5 Å². The third-order valence-electron chi connectivity index (χ3n) is 2.34. The molecule has 74 valence electrons. The van der Waals surface area contributed by atoms with E-state index >= 15 is 0 Å². The van der Waals surface area contributed by atoms with Crippen molar-refractivity contribution in [3.8, 4) is 0 Å². The average molecular weight is 212 g/mol. The molecule has 0 bridgehead atoms. The summed E-state index contributed by atoms with van der Waals surface area (Å²) in [5.41, 5.74) is 1.48. The van der Waals surface area contributed by atoms with E-state index in [4.69, 9.17) is 11.6 Å². The van der Waals surface area contributed by atoms with Crippen molar-refractivity contribution in [3.05, 3.63) is 22.7 Å². The summed E-state index contributed by atoms with van der Waals surface area (Å²) in [6.45, 7) is 2.54. The second-order valence-corrected chi connectivity index (χ2v) is 3.68. The number of aromatic nitrogens is 2. The quantitative estimate of drug-likeness (QED) is 0.755. The number of nitrogens with zero attached hydrogens (tertiary/aromatic N) is 2. The zero-order valence-electron chi connectivity index (χ0n) is 7.75. The lowest BCUT2D eigenvalue weighted by molar-refractivity contribution is -0.120. The van der Waals surface area contributed by atoms with Gasteiger partial charge >= 0.3 is 0 Å². The number of carbonyl (C=O) groups is 1. The Hall–Kier alpha value is -1.16. The molecule has 1 saturated heterocycles. The molecule has 1 unspecified atom stereocenters. The third kappa shape index (κ3) is 1.57. The van der Waals surface area contributed by atoms with Gasteiger partial charge in [0, 0.05) is 6.54 Å². The van der Waals surface area contributed by atoms with Crippen molar-refractivity contribution in [1.29, 1.82) is 0 Å². The Morgan fingerprint density at radius 2 is 2.43 bits per heavy atom. The Morgan fingerprint density at radius 3 is 3.07 bits per heavy atom. The molecule has 1 aliphatic heterocycles. The summed E-state index contributed by atoms with van der Waals surface area (Å²) in [7, 11) is 0. The molecular weight excluding hydrogens is 202 g/mol. The fourth-order valence-electron chi connectivity index (χ4n) is 1.63. The number of rotatable bonds is 1. The molecule has 2 rings (SSSR count). The van der Waals surface area contributed by atoms with Gasteiger partial charge in [-0.25, -0.2) is 4.98 Å². The highest BCUT2D eigenvalue weighted by molar-refractivity contribution is 6.29. The van der Waals surface area contributed by atoms with Gasteiger partial charge in [0.15, 0.2) is 0 Å². The molecule has 4 nitrogen and oxygen atoms in total. The van der Waals surface area contributed by atoms with E-state index in [-0.39, 0.29) is 11.8 Å². The minimum atomic E-state index is -0.179. The lowest BCUT2D eigenvalue weighted by Gasteiger charge is -2.08. The van der Waals surface area contributed by atoms with Crippen molar-refractivity contribution in [2.75, 3.05) is 6.54 Å². The molecule has 2 heterocycles. The number of halogens is 1. The molecule has 1 aromatic heterocycles. The summed E-state index contributed by atoms with van der Waals surface area (Å²) in [6.07, 6.45) is 2.27. The van der Waals surface area contributed by atoms with Crippen LogP contribution in [0.5, 0.6) is 0 Å². The number of nitrogens with one attached hydrogen (secondary N) is 1. The molecule has 1 N–H and O–H groups in total. The van der Waals surface area contributed by atoms with Gasteiger partial charge in [0.2, 0.25) is 5.91 Å². The van der Waals surface area contributed by atoms with E-state index in [2.05, 4.69) is 15.3 Å². The van der Waals surface area contributed by atoms with Gasteiger partial charge in [0.25, 0.3) is 0 Å². The largest absolute Gasteiger partial charge is 0.355 e. The van der Waals surface area contributed by atoms with Crippen molar-refractivity contribution in [2.24, 2.45) is 0 Å². The normalized spacial score (nSPS) is 21.0. The number of hydrogen-bond donors (Lipinski definition) is 1. The van der Waals surface area contributed by atoms with Gasteiger partial charge in [0.1, 0.15) is 5.15 Å². The van der Waals surface area contributed by atoms with Crippen LogP contribution in [0.4, 0.5) is 0 Å². The molecule has 14 heavy (non-hydrogen) atoms. The molecule has 0 saturated carbocycles. The van der Waals surface area contributed by atoms with Crippen LogP contribution in [0, 0.1) is 6.92 Å². The van der Waals surface area contributed by atoms with Crippen molar-refractivity contribution in [3.63, 3.8) is 0 Å².